The van der Waals surface area contributed by atoms with E-state index in [1.165, 1.54) is 6.42 Å². The van der Waals surface area contributed by atoms with Crippen LogP contribution < -0.4 is 5.32 Å². The predicted octanol–water partition coefficient (Wildman–Crippen LogP) is 4.82. The van der Waals surface area contributed by atoms with Crippen molar-refractivity contribution < 1.29 is 22.4 Å². The van der Waals surface area contributed by atoms with Crippen molar-refractivity contribution in [3.63, 3.8) is 0 Å². The fourth-order valence-electron chi connectivity index (χ4n) is 4.32. The highest BCUT2D eigenvalue weighted by molar-refractivity contribution is 7.89. The Hall–Kier alpha value is -1.90. The monoisotopic (exact) mass is 478 g/mol. The number of nitrogens with zero attached hydrogens (tertiary/aromatic N) is 1. The molecule has 7 nitrogen and oxygen atoms in total. The first-order valence-corrected chi connectivity index (χ1v) is 13.7. The van der Waals surface area contributed by atoms with Crippen LogP contribution in [0.4, 0.5) is 0 Å². The van der Waals surface area contributed by atoms with Crippen LogP contribution in [0.5, 0.6) is 0 Å². The van der Waals surface area contributed by atoms with Crippen LogP contribution in [0.1, 0.15) is 69.9 Å². The van der Waals surface area contributed by atoms with Gasteiger partial charge in [-0.05, 0) is 68.2 Å². The third kappa shape index (κ3) is 6.80. The van der Waals surface area contributed by atoms with Gasteiger partial charge in [-0.25, -0.2) is 8.42 Å². The normalized spacial score (nSPS) is 20.3. The lowest BCUT2D eigenvalue weighted by Crippen LogP contribution is -2.39. The number of rotatable bonds is 6. The molecule has 0 radical (unpaired) electrons. The first kappa shape index (κ1) is 25.7. The molecule has 1 N–H and O–H groups in total. The third-order valence-corrected chi connectivity index (χ3v) is 8.01. The highest BCUT2D eigenvalue weighted by atomic mass is 32.2. The maximum Gasteiger partial charge on any atom is 0.287 e. The van der Waals surface area contributed by atoms with Crippen molar-refractivity contribution in [1.29, 1.82) is 0 Å². The SMILES string of the molecule is CC1CCCN(S(=O)(=O)c2ccc3oc(C(=O)NCCC4CCOCC4)cc3c2)C1.CCC. The van der Waals surface area contributed by atoms with Crippen molar-refractivity contribution in [2.45, 2.75) is 64.2 Å². The third-order valence-electron chi connectivity index (χ3n) is 6.15. The van der Waals surface area contributed by atoms with Gasteiger partial charge in [0, 0.05) is 38.2 Å². The van der Waals surface area contributed by atoms with Gasteiger partial charge in [0.25, 0.3) is 5.91 Å². The quantitative estimate of drug-likeness (QED) is 0.643. The number of hydrogen-bond acceptors (Lipinski definition) is 5. The molecule has 1 aromatic heterocycles. The Bertz CT molecular complexity index is 1010. The molecule has 33 heavy (non-hydrogen) atoms. The Morgan fingerprint density at radius 2 is 1.88 bits per heavy atom. The number of amides is 1. The van der Waals surface area contributed by atoms with E-state index in [0.29, 0.717) is 42.4 Å². The molecule has 1 amide bonds. The molecule has 1 atom stereocenters. The number of ether oxygens (including phenoxy) is 1. The number of carbonyl (C=O) groups is 1. The van der Waals surface area contributed by atoms with Gasteiger partial charge in [0.15, 0.2) is 5.76 Å². The Labute approximate surface area is 197 Å². The van der Waals surface area contributed by atoms with Crippen LogP contribution >= 0.6 is 0 Å². The van der Waals surface area contributed by atoms with Crippen LogP contribution in [-0.4, -0.2) is 51.5 Å². The standard InChI is InChI=1S/C22H30N2O5S.C3H8/c1-16-3-2-10-24(15-16)30(26,27)19-4-5-20-18(13-19)14-21(29-20)22(25)23-9-6-17-7-11-28-12-8-17;1-3-2/h4-5,13-14,16-17H,2-3,6-12,15H2,1H3,(H,23,25);3H2,1-2H3. The van der Waals surface area contributed by atoms with Gasteiger partial charge in [-0.2, -0.15) is 4.31 Å². The lowest BCUT2D eigenvalue weighted by Gasteiger charge is -2.30. The molecule has 1 aromatic carbocycles. The Balaban J connectivity index is 0.000000968. The van der Waals surface area contributed by atoms with Gasteiger partial charge < -0.3 is 14.5 Å². The Morgan fingerprint density at radius 1 is 1.15 bits per heavy atom. The van der Waals surface area contributed by atoms with Crippen LogP contribution in [0.2, 0.25) is 0 Å². The second-order valence-corrected chi connectivity index (χ2v) is 11.2. The molecular weight excluding hydrogens is 440 g/mol. The van der Waals surface area contributed by atoms with E-state index in [4.69, 9.17) is 9.15 Å². The number of sulfonamides is 1. The van der Waals surface area contributed by atoms with Crippen molar-refractivity contribution in [2.24, 2.45) is 11.8 Å². The summed E-state index contributed by atoms with van der Waals surface area (Å²) in [7, 11) is -3.54. The molecule has 2 aliphatic heterocycles. The number of fused-ring (bicyclic) bond motifs is 1. The zero-order valence-corrected chi connectivity index (χ0v) is 21.0. The van der Waals surface area contributed by atoms with Gasteiger partial charge in [0.05, 0.1) is 4.90 Å². The maximum absolute atomic E-state index is 13.0. The zero-order valence-electron chi connectivity index (χ0n) is 20.1. The summed E-state index contributed by atoms with van der Waals surface area (Å²) in [5, 5.41) is 3.53. The van der Waals surface area contributed by atoms with Crippen molar-refractivity contribution in [3.8, 4) is 0 Å². The highest BCUT2D eigenvalue weighted by Gasteiger charge is 2.29. The van der Waals surface area contributed by atoms with Crippen molar-refractivity contribution >= 4 is 26.9 Å². The molecule has 0 saturated carbocycles. The average Bonchev–Trinajstić information content (AvgIpc) is 3.24. The fraction of sp³-hybridized carbons (Fsp3) is 0.640. The van der Waals surface area contributed by atoms with Crippen LogP contribution in [0.25, 0.3) is 11.0 Å². The van der Waals surface area contributed by atoms with Crippen LogP contribution in [0, 0.1) is 11.8 Å². The molecule has 2 aliphatic rings. The van der Waals surface area contributed by atoms with Gasteiger partial charge in [0.1, 0.15) is 5.58 Å². The minimum absolute atomic E-state index is 0.207. The number of carbonyl (C=O) groups excluding carboxylic acids is 1. The number of furan rings is 1. The molecule has 1 unspecified atom stereocenters. The molecular formula is C25H38N2O5S. The van der Waals surface area contributed by atoms with E-state index in [1.54, 1.807) is 28.6 Å². The molecule has 0 spiro atoms. The molecule has 8 heteroatoms. The predicted molar refractivity (Wildman–Crippen MR) is 130 cm³/mol. The minimum Gasteiger partial charge on any atom is -0.451 e. The largest absolute Gasteiger partial charge is 0.451 e. The molecule has 2 aromatic rings. The van der Waals surface area contributed by atoms with Gasteiger partial charge in [-0.3, -0.25) is 4.79 Å². The molecule has 2 fully saturated rings. The summed E-state index contributed by atoms with van der Waals surface area (Å²) >= 11 is 0. The molecule has 4 rings (SSSR count). The van der Waals surface area contributed by atoms with Crippen molar-refractivity contribution in [3.05, 3.63) is 30.0 Å². The van der Waals surface area contributed by atoms with Crippen LogP contribution in [0.3, 0.4) is 0 Å². The zero-order chi connectivity index (χ0) is 23.8. The summed E-state index contributed by atoms with van der Waals surface area (Å²) < 4.78 is 38.6. The minimum atomic E-state index is -3.54. The summed E-state index contributed by atoms with van der Waals surface area (Å²) in [5.74, 6) is 0.883. The first-order valence-electron chi connectivity index (χ1n) is 12.2. The number of hydrogen-bond donors (Lipinski definition) is 1. The number of piperidine rings is 1. The van der Waals surface area contributed by atoms with Gasteiger partial charge in [0.2, 0.25) is 10.0 Å². The van der Waals surface area contributed by atoms with Gasteiger partial charge in [-0.1, -0.05) is 27.2 Å². The van der Waals surface area contributed by atoms with E-state index in [0.717, 1.165) is 45.3 Å². The molecule has 0 bridgehead atoms. The number of benzene rings is 1. The lowest BCUT2D eigenvalue weighted by molar-refractivity contribution is 0.0635. The summed E-state index contributed by atoms with van der Waals surface area (Å²) in [6, 6.07) is 6.42. The number of nitrogens with one attached hydrogen (secondary N) is 1. The van der Waals surface area contributed by atoms with E-state index in [9.17, 15) is 13.2 Å². The maximum atomic E-state index is 13.0. The summed E-state index contributed by atoms with van der Waals surface area (Å²) in [6.45, 7) is 9.61. The fourth-order valence-corrected chi connectivity index (χ4v) is 5.95. The molecule has 2 saturated heterocycles. The highest BCUT2D eigenvalue weighted by Crippen LogP contribution is 2.27. The van der Waals surface area contributed by atoms with E-state index >= 15 is 0 Å². The second-order valence-electron chi connectivity index (χ2n) is 9.23. The van der Waals surface area contributed by atoms with Gasteiger partial charge in [-0.15, -0.1) is 0 Å². The second kappa shape index (κ2) is 12.0. The van der Waals surface area contributed by atoms with Crippen LogP contribution in [-0.2, 0) is 14.8 Å². The van der Waals surface area contributed by atoms with Crippen LogP contribution in [0.15, 0.2) is 33.6 Å². The molecule has 184 valence electrons. The Kier molecular flexibility index (Phi) is 9.35. The van der Waals surface area contributed by atoms with E-state index in [1.807, 2.05) is 0 Å². The van der Waals surface area contributed by atoms with Crippen molar-refractivity contribution in [1.82, 2.24) is 9.62 Å². The van der Waals surface area contributed by atoms with Gasteiger partial charge >= 0.3 is 0 Å². The van der Waals surface area contributed by atoms with E-state index in [-0.39, 0.29) is 16.6 Å². The summed E-state index contributed by atoms with van der Waals surface area (Å²) in [5.41, 5.74) is 0.510. The first-order chi connectivity index (χ1) is 15.8. The van der Waals surface area contributed by atoms with E-state index in [2.05, 4.69) is 26.1 Å². The summed E-state index contributed by atoms with van der Waals surface area (Å²) in [4.78, 5) is 12.7. The molecule has 0 aliphatic carbocycles. The summed E-state index contributed by atoms with van der Waals surface area (Å²) in [6.07, 6.45) is 6.18. The lowest BCUT2D eigenvalue weighted by atomic mass is 9.97. The van der Waals surface area contributed by atoms with E-state index < -0.39 is 10.0 Å². The Morgan fingerprint density at radius 3 is 2.58 bits per heavy atom. The topological polar surface area (TPSA) is 88.9 Å². The smallest absolute Gasteiger partial charge is 0.287 e. The molecule has 3 heterocycles. The van der Waals surface area contributed by atoms with Crippen molar-refractivity contribution in [2.75, 3.05) is 32.8 Å². The average molecular weight is 479 g/mol.